The normalized spacial score (nSPS) is 18.9. The number of sulfonamides is 1. The number of aliphatic hydroxyl groups is 1. The van der Waals surface area contributed by atoms with E-state index in [1.54, 1.807) is 12.1 Å². The maximum atomic E-state index is 12.4. The van der Waals surface area contributed by atoms with E-state index in [0.29, 0.717) is 12.8 Å². The molecule has 1 fully saturated rings. The molecule has 112 valence electrons. The summed E-state index contributed by atoms with van der Waals surface area (Å²) in [7, 11) is -3.57. The molecule has 0 unspecified atom stereocenters. The van der Waals surface area contributed by atoms with Gasteiger partial charge in [-0.05, 0) is 37.0 Å². The molecule has 1 aliphatic rings. The molecule has 2 N–H and O–H groups in total. The van der Waals surface area contributed by atoms with Gasteiger partial charge in [0.25, 0.3) is 0 Å². The van der Waals surface area contributed by atoms with Crippen LogP contribution in [0.2, 0.25) is 0 Å². The number of benzene rings is 1. The summed E-state index contributed by atoms with van der Waals surface area (Å²) in [6.07, 6.45) is 5.31. The predicted molar refractivity (Wildman–Crippen MR) is 79.0 cm³/mol. The van der Waals surface area contributed by atoms with Gasteiger partial charge < -0.3 is 5.11 Å². The lowest BCUT2D eigenvalue weighted by atomic mass is 9.83. The highest BCUT2D eigenvalue weighted by atomic mass is 32.2. The van der Waals surface area contributed by atoms with Gasteiger partial charge in [0, 0.05) is 0 Å². The standard InChI is InChI=1S/C15H23NO3S/c1-2-13-6-8-14(9-7-13)20(18,19)16-15(12-17)10-4-3-5-11-15/h6-9,16-17H,2-5,10-12H2,1H3. The fraction of sp³-hybridized carbons (Fsp3) is 0.600. The number of nitrogens with one attached hydrogen (secondary N) is 1. The third kappa shape index (κ3) is 3.40. The van der Waals surface area contributed by atoms with Gasteiger partial charge >= 0.3 is 0 Å². The van der Waals surface area contributed by atoms with Gasteiger partial charge in [-0.1, -0.05) is 38.3 Å². The second kappa shape index (κ2) is 6.24. The van der Waals surface area contributed by atoms with Crippen LogP contribution in [-0.4, -0.2) is 25.7 Å². The lowest BCUT2D eigenvalue weighted by molar-refractivity contribution is 0.142. The fourth-order valence-corrected chi connectivity index (χ4v) is 4.22. The Labute approximate surface area is 121 Å². The van der Waals surface area contributed by atoms with E-state index in [2.05, 4.69) is 4.72 Å². The van der Waals surface area contributed by atoms with Crippen molar-refractivity contribution in [2.45, 2.75) is 55.9 Å². The summed E-state index contributed by atoms with van der Waals surface area (Å²) < 4.78 is 27.6. The van der Waals surface area contributed by atoms with Gasteiger partial charge in [-0.15, -0.1) is 0 Å². The molecular formula is C15H23NO3S. The minimum absolute atomic E-state index is 0.140. The van der Waals surface area contributed by atoms with Crippen LogP contribution in [0.3, 0.4) is 0 Å². The molecule has 1 aromatic carbocycles. The quantitative estimate of drug-likeness (QED) is 0.876. The minimum Gasteiger partial charge on any atom is -0.394 e. The Balaban J connectivity index is 2.20. The Hall–Kier alpha value is -0.910. The van der Waals surface area contributed by atoms with Crippen LogP contribution in [0, 0.1) is 0 Å². The van der Waals surface area contributed by atoms with Crippen LogP contribution in [0.25, 0.3) is 0 Å². The van der Waals surface area contributed by atoms with Crippen LogP contribution in [-0.2, 0) is 16.4 Å². The van der Waals surface area contributed by atoms with Crippen molar-refractivity contribution in [2.75, 3.05) is 6.61 Å². The molecule has 0 heterocycles. The van der Waals surface area contributed by atoms with Gasteiger partial charge in [-0.25, -0.2) is 13.1 Å². The number of hydrogen-bond acceptors (Lipinski definition) is 3. The van der Waals surface area contributed by atoms with Gasteiger partial charge in [-0.3, -0.25) is 0 Å². The van der Waals surface area contributed by atoms with Crippen LogP contribution in [0.1, 0.15) is 44.6 Å². The minimum atomic E-state index is -3.57. The first-order valence-corrected chi connectivity index (χ1v) is 8.73. The van der Waals surface area contributed by atoms with Crippen molar-refractivity contribution in [3.05, 3.63) is 29.8 Å². The van der Waals surface area contributed by atoms with Crippen LogP contribution in [0.15, 0.2) is 29.2 Å². The van der Waals surface area contributed by atoms with E-state index in [9.17, 15) is 13.5 Å². The summed E-state index contributed by atoms with van der Waals surface area (Å²) in [5.74, 6) is 0. The largest absolute Gasteiger partial charge is 0.394 e. The first-order chi connectivity index (χ1) is 9.51. The van der Waals surface area contributed by atoms with E-state index >= 15 is 0 Å². The van der Waals surface area contributed by atoms with E-state index in [-0.39, 0.29) is 11.5 Å². The molecular weight excluding hydrogens is 274 g/mol. The van der Waals surface area contributed by atoms with Crippen molar-refractivity contribution >= 4 is 10.0 Å². The smallest absolute Gasteiger partial charge is 0.241 e. The van der Waals surface area contributed by atoms with Crippen molar-refractivity contribution in [1.29, 1.82) is 0 Å². The van der Waals surface area contributed by atoms with E-state index < -0.39 is 15.6 Å². The molecule has 0 amide bonds. The zero-order valence-corrected chi connectivity index (χ0v) is 12.7. The Bertz CT molecular complexity index is 531. The zero-order valence-electron chi connectivity index (χ0n) is 11.9. The first kappa shape index (κ1) is 15.5. The Kier molecular flexibility index (Phi) is 4.83. The zero-order chi connectivity index (χ0) is 14.6. The lowest BCUT2D eigenvalue weighted by Gasteiger charge is -2.36. The SMILES string of the molecule is CCc1ccc(S(=O)(=O)NC2(CO)CCCCC2)cc1. The summed E-state index contributed by atoms with van der Waals surface area (Å²) in [5, 5.41) is 9.61. The third-order valence-corrected chi connectivity index (χ3v) is 5.70. The number of hydrogen-bond donors (Lipinski definition) is 2. The van der Waals surface area contributed by atoms with Crippen LogP contribution in [0.5, 0.6) is 0 Å². The maximum Gasteiger partial charge on any atom is 0.241 e. The molecule has 1 aliphatic carbocycles. The molecule has 4 nitrogen and oxygen atoms in total. The molecule has 0 saturated heterocycles. The molecule has 1 saturated carbocycles. The number of aryl methyl sites for hydroxylation is 1. The maximum absolute atomic E-state index is 12.4. The highest BCUT2D eigenvalue weighted by Crippen LogP contribution is 2.29. The predicted octanol–water partition coefficient (Wildman–Crippen LogP) is 2.22. The van der Waals surface area contributed by atoms with Gasteiger partial charge in [0.15, 0.2) is 0 Å². The van der Waals surface area contributed by atoms with Crippen LogP contribution < -0.4 is 4.72 Å². The molecule has 0 aliphatic heterocycles. The molecule has 0 bridgehead atoms. The number of rotatable bonds is 5. The van der Waals surface area contributed by atoms with Crippen molar-refractivity contribution in [1.82, 2.24) is 4.72 Å². The van der Waals surface area contributed by atoms with E-state index in [1.807, 2.05) is 19.1 Å². The summed E-state index contributed by atoms with van der Waals surface area (Å²) in [4.78, 5) is 0.271. The molecule has 0 atom stereocenters. The highest BCUT2D eigenvalue weighted by molar-refractivity contribution is 7.89. The van der Waals surface area contributed by atoms with E-state index in [0.717, 1.165) is 31.2 Å². The van der Waals surface area contributed by atoms with Gasteiger partial charge in [0.1, 0.15) is 0 Å². The lowest BCUT2D eigenvalue weighted by Crippen LogP contribution is -2.52. The van der Waals surface area contributed by atoms with E-state index in [1.165, 1.54) is 0 Å². The topological polar surface area (TPSA) is 66.4 Å². The first-order valence-electron chi connectivity index (χ1n) is 7.25. The second-order valence-corrected chi connectivity index (χ2v) is 7.28. The highest BCUT2D eigenvalue weighted by Gasteiger charge is 2.35. The van der Waals surface area contributed by atoms with Crippen molar-refractivity contribution < 1.29 is 13.5 Å². The average Bonchev–Trinajstić information content (AvgIpc) is 2.48. The number of aliphatic hydroxyl groups excluding tert-OH is 1. The van der Waals surface area contributed by atoms with E-state index in [4.69, 9.17) is 0 Å². The van der Waals surface area contributed by atoms with Crippen molar-refractivity contribution in [3.63, 3.8) is 0 Å². The Morgan fingerprint density at radius 2 is 1.75 bits per heavy atom. The summed E-state index contributed by atoms with van der Waals surface area (Å²) in [6.45, 7) is 1.89. The summed E-state index contributed by atoms with van der Waals surface area (Å²) >= 11 is 0. The molecule has 1 aromatic rings. The molecule has 0 aromatic heterocycles. The van der Waals surface area contributed by atoms with Gasteiger partial charge in [-0.2, -0.15) is 0 Å². The van der Waals surface area contributed by atoms with Crippen molar-refractivity contribution in [2.24, 2.45) is 0 Å². The third-order valence-electron chi connectivity index (χ3n) is 4.11. The average molecular weight is 297 g/mol. The molecule has 0 radical (unpaired) electrons. The van der Waals surface area contributed by atoms with Gasteiger partial charge in [0.2, 0.25) is 10.0 Å². The van der Waals surface area contributed by atoms with Crippen molar-refractivity contribution in [3.8, 4) is 0 Å². The fourth-order valence-electron chi connectivity index (χ4n) is 2.77. The Morgan fingerprint density at radius 1 is 1.15 bits per heavy atom. The monoisotopic (exact) mass is 297 g/mol. The molecule has 0 spiro atoms. The second-order valence-electron chi connectivity index (χ2n) is 5.60. The molecule has 5 heteroatoms. The van der Waals surface area contributed by atoms with Crippen LogP contribution >= 0.6 is 0 Å². The Morgan fingerprint density at radius 3 is 2.25 bits per heavy atom. The van der Waals surface area contributed by atoms with Crippen LogP contribution in [0.4, 0.5) is 0 Å². The molecule has 2 rings (SSSR count). The molecule has 20 heavy (non-hydrogen) atoms. The summed E-state index contributed by atoms with van der Waals surface area (Å²) in [5.41, 5.74) is 0.430. The summed E-state index contributed by atoms with van der Waals surface area (Å²) in [6, 6.07) is 6.94. The van der Waals surface area contributed by atoms with Gasteiger partial charge in [0.05, 0.1) is 17.0 Å².